The number of benzene rings is 1. The Morgan fingerprint density at radius 1 is 1.12 bits per heavy atom. The highest BCUT2D eigenvalue weighted by molar-refractivity contribution is 7.07. The van der Waals surface area contributed by atoms with E-state index in [-0.39, 0.29) is 5.82 Å². The minimum absolute atomic E-state index is 0.248. The van der Waals surface area contributed by atoms with Gasteiger partial charge in [-0.25, -0.2) is 9.07 Å². The summed E-state index contributed by atoms with van der Waals surface area (Å²) in [5.74, 6) is 0.430. The lowest BCUT2D eigenvalue weighted by Crippen LogP contribution is -2.18. The highest BCUT2D eigenvalue weighted by Crippen LogP contribution is 2.23. The average molecular weight is 369 g/mol. The van der Waals surface area contributed by atoms with Gasteiger partial charge in [0.2, 0.25) is 4.80 Å². The van der Waals surface area contributed by atoms with Crippen molar-refractivity contribution in [2.24, 2.45) is 10.1 Å². The van der Waals surface area contributed by atoms with E-state index in [0.29, 0.717) is 11.8 Å². The van der Waals surface area contributed by atoms with Crippen molar-refractivity contribution in [3.63, 3.8) is 0 Å². The quantitative estimate of drug-likeness (QED) is 0.593. The molecule has 0 atom stereocenters. The van der Waals surface area contributed by atoms with Crippen LogP contribution in [0.1, 0.15) is 37.9 Å². The molecule has 26 heavy (non-hydrogen) atoms. The van der Waals surface area contributed by atoms with Gasteiger partial charge in [-0.2, -0.15) is 5.10 Å². The molecule has 1 aliphatic carbocycles. The summed E-state index contributed by atoms with van der Waals surface area (Å²) in [7, 11) is 0. The zero-order valence-electron chi connectivity index (χ0n) is 14.3. The Hall–Kier alpha value is -2.47. The maximum atomic E-state index is 13.3. The molecule has 0 unspecified atom stereocenters. The molecular weight excluding hydrogens is 349 g/mol. The number of furan rings is 1. The van der Waals surface area contributed by atoms with Crippen LogP contribution in [0.3, 0.4) is 0 Å². The third-order valence-corrected chi connectivity index (χ3v) is 5.37. The second-order valence-electron chi connectivity index (χ2n) is 6.40. The molecule has 1 saturated carbocycles. The lowest BCUT2D eigenvalue weighted by Gasteiger charge is -2.16. The average Bonchev–Trinajstić information content (AvgIpc) is 3.32. The summed E-state index contributed by atoms with van der Waals surface area (Å²) in [4.78, 5) is 5.80. The van der Waals surface area contributed by atoms with Crippen molar-refractivity contribution in [1.82, 2.24) is 4.68 Å². The van der Waals surface area contributed by atoms with Gasteiger partial charge in [0.25, 0.3) is 0 Å². The van der Waals surface area contributed by atoms with E-state index in [2.05, 4.69) is 5.10 Å². The van der Waals surface area contributed by atoms with Crippen LogP contribution < -0.4 is 4.80 Å². The van der Waals surface area contributed by atoms with Gasteiger partial charge in [-0.05, 0) is 49.2 Å². The second-order valence-corrected chi connectivity index (χ2v) is 7.24. The van der Waals surface area contributed by atoms with E-state index in [1.54, 1.807) is 35.9 Å². The van der Waals surface area contributed by atoms with Crippen LogP contribution >= 0.6 is 11.3 Å². The van der Waals surface area contributed by atoms with Crippen LogP contribution in [0.2, 0.25) is 0 Å². The number of halogens is 1. The molecule has 0 amide bonds. The molecule has 0 radical (unpaired) electrons. The van der Waals surface area contributed by atoms with Gasteiger partial charge in [0.05, 0.1) is 24.2 Å². The minimum Gasteiger partial charge on any atom is -0.463 e. The van der Waals surface area contributed by atoms with Crippen LogP contribution in [0.5, 0.6) is 0 Å². The van der Waals surface area contributed by atoms with Crippen molar-refractivity contribution >= 4 is 17.6 Å². The van der Waals surface area contributed by atoms with Crippen molar-refractivity contribution in [3.8, 4) is 11.3 Å². The first-order valence-electron chi connectivity index (χ1n) is 8.88. The van der Waals surface area contributed by atoms with Gasteiger partial charge in [-0.15, -0.1) is 11.3 Å². The normalized spacial score (nSPS) is 16.6. The summed E-state index contributed by atoms with van der Waals surface area (Å²) in [6.07, 6.45) is 9.33. The van der Waals surface area contributed by atoms with Crippen LogP contribution in [0.25, 0.3) is 11.3 Å². The third-order valence-electron chi connectivity index (χ3n) is 4.54. The Labute approximate surface area is 155 Å². The van der Waals surface area contributed by atoms with Crippen LogP contribution in [-0.4, -0.2) is 16.9 Å². The predicted octanol–water partition coefficient (Wildman–Crippen LogP) is 5.06. The maximum Gasteiger partial charge on any atom is 0.206 e. The Morgan fingerprint density at radius 2 is 1.92 bits per heavy atom. The fraction of sp³-hybridized carbons (Fsp3) is 0.300. The topological polar surface area (TPSA) is 42.8 Å². The molecule has 4 nitrogen and oxygen atoms in total. The molecule has 4 rings (SSSR count). The number of nitrogens with zero attached hydrogens (tertiary/aromatic N) is 3. The van der Waals surface area contributed by atoms with E-state index in [9.17, 15) is 4.39 Å². The van der Waals surface area contributed by atoms with Gasteiger partial charge in [-0.3, -0.25) is 4.99 Å². The van der Waals surface area contributed by atoms with Crippen LogP contribution in [-0.2, 0) is 0 Å². The summed E-state index contributed by atoms with van der Waals surface area (Å²) in [6.45, 7) is 0. The number of thiazole rings is 1. The van der Waals surface area contributed by atoms with Gasteiger partial charge < -0.3 is 4.42 Å². The number of aromatic nitrogens is 1. The Kier molecular flexibility index (Phi) is 5.11. The van der Waals surface area contributed by atoms with Gasteiger partial charge in [-0.1, -0.05) is 19.3 Å². The highest BCUT2D eigenvalue weighted by atomic mass is 32.1. The highest BCUT2D eigenvalue weighted by Gasteiger charge is 2.14. The van der Waals surface area contributed by atoms with Crippen molar-refractivity contribution in [2.75, 3.05) is 0 Å². The smallest absolute Gasteiger partial charge is 0.206 e. The third kappa shape index (κ3) is 3.85. The van der Waals surface area contributed by atoms with Crippen molar-refractivity contribution < 1.29 is 8.81 Å². The molecule has 1 fully saturated rings. The Balaban J connectivity index is 1.76. The number of hydrogen-bond acceptors (Lipinski definition) is 4. The first kappa shape index (κ1) is 17.0. The molecule has 1 aromatic carbocycles. The fourth-order valence-electron chi connectivity index (χ4n) is 3.16. The zero-order chi connectivity index (χ0) is 17.8. The monoisotopic (exact) mass is 369 g/mol. The predicted molar refractivity (Wildman–Crippen MR) is 102 cm³/mol. The van der Waals surface area contributed by atoms with Crippen LogP contribution in [0.15, 0.2) is 62.6 Å². The SMILES string of the molecule is Fc1ccc(-c2csc(=NC3CCCCC3)n2N=Cc2ccco2)cc1. The molecule has 3 aromatic rings. The zero-order valence-corrected chi connectivity index (χ0v) is 15.2. The molecule has 0 bridgehead atoms. The van der Waals surface area contributed by atoms with Crippen molar-refractivity contribution in [1.29, 1.82) is 0 Å². The molecule has 6 heteroatoms. The number of hydrogen-bond donors (Lipinski definition) is 0. The molecule has 2 heterocycles. The van der Waals surface area contributed by atoms with Crippen molar-refractivity contribution in [3.05, 3.63) is 64.4 Å². The summed E-state index contributed by atoms with van der Waals surface area (Å²) in [5.41, 5.74) is 1.80. The summed E-state index contributed by atoms with van der Waals surface area (Å²) in [6, 6.07) is 10.5. The van der Waals surface area contributed by atoms with Crippen LogP contribution in [0.4, 0.5) is 4.39 Å². The lowest BCUT2D eigenvalue weighted by molar-refractivity contribution is 0.435. The fourth-order valence-corrected chi connectivity index (χ4v) is 4.07. The van der Waals surface area contributed by atoms with E-state index < -0.39 is 0 Å². The molecule has 1 aliphatic rings. The van der Waals surface area contributed by atoms with Gasteiger partial charge in [0.1, 0.15) is 11.6 Å². The van der Waals surface area contributed by atoms with E-state index in [1.807, 2.05) is 22.2 Å². The van der Waals surface area contributed by atoms with E-state index in [4.69, 9.17) is 9.41 Å². The maximum absolute atomic E-state index is 13.3. The molecule has 0 aliphatic heterocycles. The molecule has 134 valence electrons. The molecule has 2 aromatic heterocycles. The van der Waals surface area contributed by atoms with Gasteiger partial charge in [0.15, 0.2) is 0 Å². The molecule has 0 spiro atoms. The Bertz CT molecular complexity index is 932. The lowest BCUT2D eigenvalue weighted by atomic mass is 9.96. The number of rotatable bonds is 4. The summed E-state index contributed by atoms with van der Waals surface area (Å²) < 4.78 is 20.5. The Morgan fingerprint density at radius 3 is 2.65 bits per heavy atom. The summed E-state index contributed by atoms with van der Waals surface area (Å²) >= 11 is 1.56. The molecule has 0 N–H and O–H groups in total. The van der Waals surface area contributed by atoms with Gasteiger partial charge >= 0.3 is 0 Å². The minimum atomic E-state index is -0.248. The second kappa shape index (κ2) is 7.83. The first-order chi connectivity index (χ1) is 12.8. The molecular formula is C20H20FN3OS. The largest absolute Gasteiger partial charge is 0.463 e. The van der Waals surface area contributed by atoms with Crippen molar-refractivity contribution in [2.45, 2.75) is 38.1 Å². The van der Waals surface area contributed by atoms with E-state index >= 15 is 0 Å². The molecule has 0 saturated heterocycles. The first-order valence-corrected chi connectivity index (χ1v) is 9.76. The van der Waals surface area contributed by atoms with E-state index in [0.717, 1.165) is 28.9 Å². The van der Waals surface area contributed by atoms with E-state index in [1.165, 1.54) is 31.4 Å². The standard InChI is InChI=1S/C20H20FN3OS/c21-16-10-8-15(9-11-16)19-14-26-20(23-17-5-2-1-3-6-17)24(19)22-13-18-7-4-12-25-18/h4,7-14,17H,1-3,5-6H2. The summed E-state index contributed by atoms with van der Waals surface area (Å²) in [5, 5.41) is 6.62. The van der Waals surface area contributed by atoms with Crippen LogP contribution in [0, 0.1) is 5.82 Å². The van der Waals surface area contributed by atoms with Gasteiger partial charge in [0, 0.05) is 10.9 Å².